The normalized spacial score (nSPS) is 46.7. The lowest BCUT2D eigenvalue weighted by Crippen LogP contribution is -2.96. The van der Waals surface area contributed by atoms with Gasteiger partial charge in [0.2, 0.25) is 11.2 Å². The molecule has 16 nitrogen and oxygen atoms in total. The first-order chi connectivity index (χ1) is 24.2. The molecule has 0 unspecified atom stereocenters. The minimum Gasteiger partial charge on any atom is -0.487 e. The third-order valence-corrected chi connectivity index (χ3v) is 13.6. The molecule has 2 aliphatic heterocycles. The molecule has 0 amide bonds. The topological polar surface area (TPSA) is 224 Å². The van der Waals surface area contributed by atoms with Crippen LogP contribution in [-0.2, 0) is 52.3 Å². The summed E-state index contributed by atoms with van der Waals surface area (Å²) in [5, 5.41) is 38.8. The second-order valence-corrected chi connectivity index (χ2v) is 15.7. The number of hydrogen-bond acceptors (Lipinski definition) is 16. The van der Waals surface area contributed by atoms with Crippen molar-refractivity contribution < 1.29 is 76.9 Å². The number of hydrogen-bond donors (Lipinski definition) is 3. The lowest BCUT2D eigenvalue weighted by molar-refractivity contribution is -0.436. The predicted molar refractivity (Wildman–Crippen MR) is 169 cm³/mol. The van der Waals surface area contributed by atoms with Crippen molar-refractivity contribution in [2.45, 2.75) is 121 Å². The first kappa shape index (κ1) is 36.2. The van der Waals surface area contributed by atoms with Gasteiger partial charge in [-0.05, 0) is 24.5 Å². The van der Waals surface area contributed by atoms with E-state index in [1.165, 1.54) is 25.5 Å². The van der Waals surface area contributed by atoms with Crippen molar-refractivity contribution in [1.82, 2.24) is 0 Å². The molecule has 16 heteroatoms. The number of aliphatic hydroxyl groups is 3. The Morgan fingerprint density at radius 2 is 1.65 bits per heavy atom. The molecule has 1 saturated heterocycles. The van der Waals surface area contributed by atoms with E-state index in [-0.39, 0.29) is 24.2 Å². The summed E-state index contributed by atoms with van der Waals surface area (Å²) in [4.78, 5) is 66.9. The summed E-state index contributed by atoms with van der Waals surface area (Å²) < 4.78 is 48.1. The molecule has 2 bridgehead atoms. The van der Waals surface area contributed by atoms with Gasteiger partial charge in [-0.1, -0.05) is 27.7 Å². The second-order valence-electron chi connectivity index (χ2n) is 15.7. The third-order valence-electron chi connectivity index (χ3n) is 13.6. The van der Waals surface area contributed by atoms with Crippen molar-refractivity contribution in [1.29, 1.82) is 0 Å². The number of fused-ring (bicyclic) bond motifs is 2. The fraction of sp³-hybridized carbons (Fsp3) is 0.694. The summed E-state index contributed by atoms with van der Waals surface area (Å²) >= 11 is 0. The number of aliphatic hydroxyl groups excluding tert-OH is 1. The van der Waals surface area contributed by atoms with Crippen molar-refractivity contribution in [3.05, 3.63) is 36.0 Å². The van der Waals surface area contributed by atoms with Gasteiger partial charge in [0.1, 0.15) is 11.7 Å². The highest BCUT2D eigenvalue weighted by Crippen LogP contribution is 2.85. The first-order valence-electron chi connectivity index (χ1n) is 17.2. The molecule has 284 valence electrons. The molecule has 1 aromatic heterocycles. The van der Waals surface area contributed by atoms with Crippen LogP contribution in [0.5, 0.6) is 0 Å². The Labute approximate surface area is 298 Å². The van der Waals surface area contributed by atoms with E-state index in [1.54, 1.807) is 26.8 Å². The van der Waals surface area contributed by atoms with Crippen molar-refractivity contribution >= 4 is 30.0 Å². The monoisotopic (exact) mass is 732 g/mol. The quantitative estimate of drug-likeness (QED) is 0.257. The van der Waals surface area contributed by atoms with Crippen molar-refractivity contribution in [3.63, 3.8) is 0 Å². The van der Waals surface area contributed by atoms with Crippen LogP contribution in [-0.4, -0.2) is 99.3 Å². The van der Waals surface area contributed by atoms with Gasteiger partial charge in [0.05, 0.1) is 42.3 Å². The van der Waals surface area contributed by atoms with Crippen LogP contribution in [0.3, 0.4) is 0 Å². The number of furan rings is 1. The Bertz CT molecular complexity index is 1770. The predicted octanol–water partition coefficient (Wildman–Crippen LogP) is 2.17. The summed E-state index contributed by atoms with van der Waals surface area (Å²) in [5.74, 6) is -5.60. The maximum Gasteiger partial charge on any atom is 0.510 e. The summed E-state index contributed by atoms with van der Waals surface area (Å²) in [5.41, 5.74) is -15.0. The van der Waals surface area contributed by atoms with E-state index in [9.17, 15) is 39.3 Å². The number of methoxy groups -OCH3 is 1. The van der Waals surface area contributed by atoms with Gasteiger partial charge in [-0.25, -0.2) is 4.79 Å². The van der Waals surface area contributed by atoms with Crippen LogP contribution in [0.4, 0.5) is 4.79 Å². The van der Waals surface area contributed by atoms with Gasteiger partial charge < -0.3 is 52.9 Å². The van der Waals surface area contributed by atoms with Crippen molar-refractivity contribution in [2.24, 2.45) is 28.1 Å². The molecule has 52 heavy (non-hydrogen) atoms. The van der Waals surface area contributed by atoms with Gasteiger partial charge in [0.25, 0.3) is 0 Å². The van der Waals surface area contributed by atoms with Crippen LogP contribution >= 0.6 is 0 Å². The van der Waals surface area contributed by atoms with Gasteiger partial charge in [0, 0.05) is 50.5 Å². The Hall–Kier alpha value is -4.15. The highest BCUT2D eigenvalue weighted by atomic mass is 16.8. The molecule has 0 aromatic carbocycles. The Morgan fingerprint density at radius 1 is 1.00 bits per heavy atom. The van der Waals surface area contributed by atoms with Crippen LogP contribution in [0.15, 0.2) is 34.8 Å². The van der Waals surface area contributed by atoms with Gasteiger partial charge in [0.15, 0.2) is 23.9 Å². The minimum absolute atomic E-state index is 0.181. The lowest BCUT2D eigenvalue weighted by Gasteiger charge is -2.76. The smallest absolute Gasteiger partial charge is 0.487 e. The third kappa shape index (κ3) is 3.75. The van der Waals surface area contributed by atoms with E-state index in [0.717, 1.165) is 27.9 Å². The SMILES string of the molecule is CCC1=C[C@@H]2[C@](C)([C@@H](OC(C)=O)c3ccoc3)[C@@H](OC(C)=O)[C@@H](OC(C)=O)[C@@]34OC(=O)O[C@@]23[C@H](O1)[C@@]1(O)[C@@H](O)[C@]2(C)C[C@@]1(O)[C@@]4(C)[C@H]2CC(=O)OC. The molecule has 3 N–H and O–H groups in total. The summed E-state index contributed by atoms with van der Waals surface area (Å²) in [6, 6.07) is 1.52. The maximum atomic E-state index is 14.1. The van der Waals surface area contributed by atoms with Crippen LogP contribution in [0, 0.1) is 28.1 Å². The number of carbonyl (C=O) groups excluding carboxylic acids is 5. The molecule has 5 fully saturated rings. The number of esters is 4. The van der Waals surface area contributed by atoms with Crippen molar-refractivity contribution in [2.75, 3.05) is 7.11 Å². The maximum absolute atomic E-state index is 14.1. The average Bonchev–Trinajstić information content (AvgIpc) is 3.79. The highest BCUT2D eigenvalue weighted by molar-refractivity contribution is 5.74. The molecular weight excluding hydrogens is 688 g/mol. The van der Waals surface area contributed by atoms with E-state index >= 15 is 0 Å². The second kappa shape index (κ2) is 10.9. The zero-order chi connectivity index (χ0) is 38.2. The zero-order valence-corrected chi connectivity index (χ0v) is 30.1. The summed E-state index contributed by atoms with van der Waals surface area (Å²) in [7, 11) is 1.16. The zero-order valence-electron chi connectivity index (χ0n) is 30.1. The Kier molecular flexibility index (Phi) is 7.63. The fourth-order valence-electron chi connectivity index (χ4n) is 11.9. The molecule has 4 saturated carbocycles. The summed E-state index contributed by atoms with van der Waals surface area (Å²) in [6.07, 6.45) is -6.32. The summed E-state index contributed by atoms with van der Waals surface area (Å²) in [6.45, 7) is 9.74. The first-order valence-corrected chi connectivity index (χ1v) is 17.2. The molecule has 1 aromatic rings. The molecule has 7 rings (SSSR count). The van der Waals surface area contributed by atoms with Crippen LogP contribution in [0.1, 0.15) is 79.4 Å². The number of rotatable bonds is 8. The van der Waals surface area contributed by atoms with Crippen LogP contribution in [0.2, 0.25) is 0 Å². The standard InChI is InChI=1S/C36H44O16/c1-9-20-12-22-31(6,24(47-16(2)37)19-10-11-46-14-19)25(48-17(3)38)26(49-18(4)39)36-32(7)21(13-23(40)45-8)30(5)15-33(32,43)34(44,27(30)41)28(50-20)35(22,36)51-29(42)52-36/h10-12,14,21-22,24-28,41,43-44H,9,13,15H2,1-8H3/t21-,22+,24-,25-,26+,27-,28+,30+,31+,32+,33+,34-,35+,36-/m0/s1. The minimum atomic E-state index is -2.64. The number of carbonyl (C=O) groups is 5. The molecule has 14 atom stereocenters. The van der Waals surface area contributed by atoms with E-state index in [2.05, 4.69) is 0 Å². The van der Waals surface area contributed by atoms with Crippen LogP contribution < -0.4 is 0 Å². The van der Waals surface area contributed by atoms with Gasteiger partial charge >= 0.3 is 30.0 Å². The van der Waals surface area contributed by atoms with E-state index in [4.69, 9.17) is 37.6 Å². The molecule has 3 heterocycles. The van der Waals surface area contributed by atoms with Gasteiger partial charge in [-0.15, -0.1) is 0 Å². The number of allylic oxidation sites excluding steroid dienone is 1. The highest BCUT2D eigenvalue weighted by Gasteiger charge is 3.03. The van der Waals surface area contributed by atoms with Crippen molar-refractivity contribution in [3.8, 4) is 0 Å². The van der Waals surface area contributed by atoms with E-state index in [1.807, 2.05) is 0 Å². The Morgan fingerprint density at radius 3 is 2.21 bits per heavy atom. The van der Waals surface area contributed by atoms with Gasteiger partial charge in [-0.2, -0.15) is 0 Å². The van der Waals surface area contributed by atoms with Crippen LogP contribution in [0.25, 0.3) is 0 Å². The molecule has 6 aliphatic rings. The largest absolute Gasteiger partial charge is 0.510 e. The van der Waals surface area contributed by atoms with Gasteiger partial charge in [-0.3, -0.25) is 19.2 Å². The average molecular weight is 733 g/mol. The number of ether oxygens (including phenoxy) is 7. The molecule has 1 spiro atoms. The fourth-order valence-corrected chi connectivity index (χ4v) is 11.9. The molecular formula is C36H44O16. The Balaban J connectivity index is 1.68. The lowest BCUT2D eigenvalue weighted by atomic mass is 9.32. The van der Waals surface area contributed by atoms with E-state index < -0.39 is 117 Å². The van der Waals surface area contributed by atoms with E-state index in [0.29, 0.717) is 0 Å². The molecule has 4 aliphatic carbocycles. The molecule has 0 radical (unpaired) electrons.